The zero-order valence-electron chi connectivity index (χ0n) is 7.14. The van der Waals surface area contributed by atoms with Crippen LogP contribution in [0.1, 0.15) is 18.3 Å². The van der Waals surface area contributed by atoms with E-state index in [1.54, 1.807) is 6.20 Å². The lowest BCUT2D eigenvalue weighted by Gasteiger charge is -1.95. The minimum Gasteiger partial charge on any atom is -0.334 e. The lowest BCUT2D eigenvalue weighted by Crippen LogP contribution is -1.82. The first-order chi connectivity index (χ1) is 5.65. The molecule has 3 nitrogen and oxygen atoms in total. The van der Waals surface area contributed by atoms with E-state index in [2.05, 4.69) is 21.7 Å². The first kappa shape index (κ1) is 8.93. The Balaban J connectivity index is 3.18. The third kappa shape index (κ3) is 1.71. The van der Waals surface area contributed by atoms with Gasteiger partial charge >= 0.3 is 0 Å². The van der Waals surface area contributed by atoms with Crippen LogP contribution >= 0.6 is 12.2 Å². The average Bonchev–Trinajstić information content (AvgIpc) is 2.30. The third-order valence-electron chi connectivity index (χ3n) is 1.59. The number of aliphatic imine (C=N–C) groups is 1. The van der Waals surface area contributed by atoms with Gasteiger partial charge in [-0.2, -0.15) is 0 Å². The van der Waals surface area contributed by atoms with E-state index in [1.807, 2.05) is 13.8 Å². The van der Waals surface area contributed by atoms with E-state index in [9.17, 15) is 0 Å². The Morgan fingerprint density at radius 1 is 1.58 bits per heavy atom. The molecule has 0 saturated heterocycles. The second kappa shape index (κ2) is 3.49. The summed E-state index contributed by atoms with van der Waals surface area (Å²) in [6.07, 6.45) is 1.70. The predicted octanol–water partition coefficient (Wildman–Crippen LogP) is 2.44. The van der Waals surface area contributed by atoms with Gasteiger partial charge in [0.1, 0.15) is 0 Å². The number of imidazole rings is 1. The van der Waals surface area contributed by atoms with Crippen LogP contribution in [-0.2, 0) is 0 Å². The number of aromatic nitrogens is 2. The molecule has 0 bridgehead atoms. The summed E-state index contributed by atoms with van der Waals surface area (Å²) in [4.78, 5) is 9.72. The van der Waals surface area contributed by atoms with Gasteiger partial charge in [0.05, 0.1) is 5.69 Å². The van der Waals surface area contributed by atoms with Crippen LogP contribution in [0.4, 0.5) is 0 Å². The highest BCUT2D eigenvalue weighted by atomic mass is 32.1. The number of nitrogens with zero attached hydrogens (tertiary/aromatic N) is 1. The highest BCUT2D eigenvalue weighted by Gasteiger charge is 2.01. The van der Waals surface area contributed by atoms with Crippen molar-refractivity contribution in [1.29, 1.82) is 0 Å². The number of rotatable bonds is 2. The number of aromatic amines is 2. The lowest BCUT2D eigenvalue weighted by molar-refractivity contribution is 1.22. The van der Waals surface area contributed by atoms with Crippen LogP contribution in [0.2, 0.25) is 0 Å². The first-order valence-electron chi connectivity index (χ1n) is 3.57. The van der Waals surface area contributed by atoms with Crippen LogP contribution in [0.3, 0.4) is 0 Å². The highest BCUT2D eigenvalue weighted by molar-refractivity contribution is 7.71. The summed E-state index contributed by atoms with van der Waals surface area (Å²) >= 11 is 4.94. The molecule has 0 amide bonds. The number of hydrogen-bond acceptors (Lipinski definition) is 2. The van der Waals surface area contributed by atoms with Gasteiger partial charge in [0.25, 0.3) is 0 Å². The SMILES string of the molecule is C=N/C=C(/C)c1[nH]c(=S)[nH]c1C. The van der Waals surface area contributed by atoms with Crippen LogP contribution in [0.15, 0.2) is 11.2 Å². The van der Waals surface area contributed by atoms with E-state index >= 15 is 0 Å². The molecule has 0 fully saturated rings. The van der Waals surface area contributed by atoms with Gasteiger partial charge in [-0.3, -0.25) is 4.99 Å². The highest BCUT2D eigenvalue weighted by Crippen LogP contribution is 2.14. The summed E-state index contributed by atoms with van der Waals surface area (Å²) in [5.41, 5.74) is 3.04. The molecule has 12 heavy (non-hydrogen) atoms. The normalized spacial score (nSPS) is 11.7. The molecule has 0 aliphatic heterocycles. The minimum absolute atomic E-state index is 0.638. The quantitative estimate of drug-likeness (QED) is 0.534. The van der Waals surface area contributed by atoms with Crippen molar-refractivity contribution in [1.82, 2.24) is 9.97 Å². The maximum Gasteiger partial charge on any atom is 0.175 e. The maximum atomic E-state index is 4.94. The van der Waals surface area contributed by atoms with Crippen molar-refractivity contribution in [3.8, 4) is 0 Å². The van der Waals surface area contributed by atoms with Gasteiger partial charge in [0, 0.05) is 11.9 Å². The second-order valence-corrected chi connectivity index (χ2v) is 2.98. The largest absolute Gasteiger partial charge is 0.334 e. The predicted molar refractivity (Wildman–Crippen MR) is 53.9 cm³/mol. The third-order valence-corrected chi connectivity index (χ3v) is 1.80. The van der Waals surface area contributed by atoms with Gasteiger partial charge in [-0.05, 0) is 38.4 Å². The number of hydrogen-bond donors (Lipinski definition) is 2. The molecule has 1 aromatic heterocycles. The molecule has 0 radical (unpaired) electrons. The first-order valence-corrected chi connectivity index (χ1v) is 3.98. The molecular weight excluding hydrogens is 170 g/mol. The fourth-order valence-corrected chi connectivity index (χ4v) is 1.32. The summed E-state index contributed by atoms with van der Waals surface area (Å²) in [5, 5.41) is 0. The average molecular weight is 181 g/mol. The van der Waals surface area contributed by atoms with Crippen LogP contribution in [0.5, 0.6) is 0 Å². The summed E-state index contributed by atoms with van der Waals surface area (Å²) in [7, 11) is 0. The molecule has 0 unspecified atom stereocenters. The topological polar surface area (TPSA) is 43.9 Å². The molecule has 0 aliphatic rings. The Morgan fingerprint density at radius 3 is 2.67 bits per heavy atom. The van der Waals surface area contributed by atoms with Crippen LogP contribution in [0.25, 0.3) is 5.57 Å². The van der Waals surface area contributed by atoms with E-state index in [0.29, 0.717) is 4.77 Å². The zero-order valence-corrected chi connectivity index (χ0v) is 7.96. The standard InChI is InChI=1S/C8H11N3S/c1-5(4-9-3)7-6(2)10-8(12)11-7/h4H,3H2,1-2H3,(H2,10,11,12)/b5-4-. The summed E-state index contributed by atoms with van der Waals surface area (Å²) in [6.45, 7) is 7.30. The van der Waals surface area contributed by atoms with Crippen molar-refractivity contribution >= 4 is 24.5 Å². The lowest BCUT2D eigenvalue weighted by atomic mass is 10.2. The fraction of sp³-hybridized carbons (Fsp3) is 0.250. The van der Waals surface area contributed by atoms with Crippen molar-refractivity contribution in [2.45, 2.75) is 13.8 Å². The van der Waals surface area contributed by atoms with E-state index in [4.69, 9.17) is 12.2 Å². The van der Waals surface area contributed by atoms with Crippen LogP contribution in [-0.4, -0.2) is 16.7 Å². The minimum atomic E-state index is 0.638. The van der Waals surface area contributed by atoms with Gasteiger partial charge in [0.2, 0.25) is 0 Å². The van der Waals surface area contributed by atoms with Gasteiger partial charge in [-0.15, -0.1) is 0 Å². The van der Waals surface area contributed by atoms with Crippen LogP contribution < -0.4 is 0 Å². The Morgan fingerprint density at radius 2 is 2.25 bits per heavy atom. The molecule has 0 aliphatic carbocycles. The van der Waals surface area contributed by atoms with E-state index in [-0.39, 0.29) is 0 Å². The van der Waals surface area contributed by atoms with E-state index in [0.717, 1.165) is 17.0 Å². The summed E-state index contributed by atoms with van der Waals surface area (Å²) in [6, 6.07) is 0. The molecular formula is C8H11N3S. The van der Waals surface area contributed by atoms with Crippen molar-refractivity contribution < 1.29 is 0 Å². The summed E-state index contributed by atoms with van der Waals surface area (Å²) in [5.74, 6) is 0. The molecule has 0 atom stereocenters. The second-order valence-electron chi connectivity index (χ2n) is 2.57. The van der Waals surface area contributed by atoms with Crippen molar-refractivity contribution in [2.24, 2.45) is 4.99 Å². The van der Waals surface area contributed by atoms with Gasteiger partial charge in [-0.1, -0.05) is 0 Å². The number of aryl methyl sites for hydroxylation is 1. The molecule has 2 N–H and O–H groups in total. The summed E-state index contributed by atoms with van der Waals surface area (Å²) < 4.78 is 0.638. The molecule has 1 heterocycles. The molecule has 1 rings (SSSR count). The number of nitrogens with one attached hydrogen (secondary N) is 2. The monoisotopic (exact) mass is 181 g/mol. The van der Waals surface area contributed by atoms with Gasteiger partial charge < -0.3 is 9.97 Å². The van der Waals surface area contributed by atoms with Crippen molar-refractivity contribution in [3.05, 3.63) is 22.4 Å². The molecule has 0 saturated carbocycles. The van der Waals surface area contributed by atoms with E-state index in [1.165, 1.54) is 0 Å². The Bertz CT molecular complexity index is 370. The Labute approximate surface area is 76.2 Å². The molecule has 64 valence electrons. The molecule has 0 spiro atoms. The van der Waals surface area contributed by atoms with Gasteiger partial charge in [-0.25, -0.2) is 0 Å². The fourth-order valence-electron chi connectivity index (χ4n) is 1.07. The molecule has 1 aromatic rings. The Kier molecular flexibility index (Phi) is 2.60. The van der Waals surface area contributed by atoms with Gasteiger partial charge in [0.15, 0.2) is 4.77 Å². The maximum absolute atomic E-state index is 4.94. The van der Waals surface area contributed by atoms with Crippen LogP contribution in [0, 0.1) is 11.7 Å². The number of allylic oxidation sites excluding steroid dienone is 1. The van der Waals surface area contributed by atoms with Crippen molar-refractivity contribution in [3.63, 3.8) is 0 Å². The number of H-pyrrole nitrogens is 2. The van der Waals surface area contributed by atoms with Crippen molar-refractivity contribution in [2.75, 3.05) is 0 Å². The smallest absolute Gasteiger partial charge is 0.175 e. The van der Waals surface area contributed by atoms with E-state index < -0.39 is 0 Å². The Hall–Kier alpha value is -1.16. The molecule has 4 heteroatoms. The molecule has 0 aromatic carbocycles. The zero-order chi connectivity index (χ0) is 9.14.